The maximum Gasteiger partial charge on any atom is 0.163 e. The van der Waals surface area contributed by atoms with E-state index < -0.39 is 0 Å². The Balaban J connectivity index is 2.41. The van der Waals surface area contributed by atoms with Crippen molar-refractivity contribution in [2.24, 2.45) is 11.7 Å². The third kappa shape index (κ3) is 2.97. The van der Waals surface area contributed by atoms with Gasteiger partial charge in [0.2, 0.25) is 0 Å². The second-order valence-electron chi connectivity index (χ2n) is 3.73. The molecule has 1 fully saturated rings. The monoisotopic (exact) mass is 186 g/mol. The fourth-order valence-corrected chi connectivity index (χ4v) is 2.04. The molecule has 0 radical (unpaired) electrons. The molecule has 0 heterocycles. The molecule has 12 heavy (non-hydrogen) atoms. The molecule has 1 rings (SSSR count). The molecule has 1 aliphatic rings. The van der Waals surface area contributed by atoms with Crippen LogP contribution in [0, 0.1) is 5.92 Å². The van der Waals surface area contributed by atoms with E-state index in [1.807, 2.05) is 0 Å². The van der Waals surface area contributed by atoms with Crippen LogP contribution in [-0.4, -0.2) is 11.2 Å². The van der Waals surface area contributed by atoms with Crippen molar-refractivity contribution < 1.29 is 0 Å². The zero-order valence-electron chi connectivity index (χ0n) is 7.68. The molecule has 0 spiro atoms. The molecule has 0 aliphatic heterocycles. The van der Waals surface area contributed by atoms with Gasteiger partial charge in [0, 0.05) is 6.04 Å². The maximum atomic E-state index is 5.46. The average molecular weight is 186 g/mol. The van der Waals surface area contributed by atoms with E-state index in [4.69, 9.17) is 18.0 Å². The number of rotatable bonds is 1. The molecule has 0 aromatic rings. The molecule has 70 valence electrons. The number of hydrogen-bond acceptors (Lipinski definition) is 1. The average Bonchev–Trinajstić information content (AvgIpc) is 2.16. The summed E-state index contributed by atoms with van der Waals surface area (Å²) in [4.78, 5) is 0. The lowest BCUT2D eigenvalue weighted by Crippen LogP contribution is -2.41. The molecule has 3 heteroatoms. The van der Waals surface area contributed by atoms with Gasteiger partial charge in [-0.3, -0.25) is 0 Å². The Kier molecular flexibility index (Phi) is 3.79. The summed E-state index contributed by atoms with van der Waals surface area (Å²) in [6, 6.07) is 0.519. The predicted molar refractivity (Wildman–Crippen MR) is 56.0 cm³/mol. The zero-order chi connectivity index (χ0) is 8.97. The lowest BCUT2D eigenvalue weighted by Gasteiger charge is -2.22. The first kappa shape index (κ1) is 9.78. The van der Waals surface area contributed by atoms with E-state index in [2.05, 4.69) is 12.2 Å². The molecular weight excluding hydrogens is 168 g/mol. The van der Waals surface area contributed by atoms with Gasteiger partial charge in [-0.15, -0.1) is 0 Å². The molecule has 2 unspecified atom stereocenters. The summed E-state index contributed by atoms with van der Waals surface area (Å²) in [5.41, 5.74) is 5.46. The third-order valence-electron chi connectivity index (χ3n) is 2.69. The smallest absolute Gasteiger partial charge is 0.163 e. The molecular formula is C9H18N2S. The van der Waals surface area contributed by atoms with E-state index in [0.29, 0.717) is 17.1 Å². The van der Waals surface area contributed by atoms with Gasteiger partial charge >= 0.3 is 0 Å². The Morgan fingerprint density at radius 3 is 2.67 bits per heavy atom. The Morgan fingerprint density at radius 1 is 1.33 bits per heavy atom. The summed E-state index contributed by atoms with van der Waals surface area (Å²) < 4.78 is 0. The van der Waals surface area contributed by atoms with Crippen LogP contribution in [0.5, 0.6) is 0 Å². The highest BCUT2D eigenvalue weighted by Crippen LogP contribution is 2.22. The summed E-state index contributed by atoms with van der Waals surface area (Å²) in [7, 11) is 0. The van der Waals surface area contributed by atoms with E-state index in [1.165, 1.54) is 32.1 Å². The van der Waals surface area contributed by atoms with Crippen molar-refractivity contribution in [2.45, 2.75) is 45.1 Å². The molecule has 2 nitrogen and oxygen atoms in total. The van der Waals surface area contributed by atoms with Gasteiger partial charge in [-0.05, 0) is 31.0 Å². The first-order valence-corrected chi connectivity index (χ1v) is 5.17. The van der Waals surface area contributed by atoms with E-state index in [-0.39, 0.29) is 0 Å². The van der Waals surface area contributed by atoms with Gasteiger partial charge < -0.3 is 11.1 Å². The number of thiocarbonyl (C=S) groups is 1. The van der Waals surface area contributed by atoms with Gasteiger partial charge in [-0.1, -0.05) is 26.2 Å². The first-order chi connectivity index (χ1) is 5.70. The van der Waals surface area contributed by atoms with Crippen molar-refractivity contribution in [3.8, 4) is 0 Å². The summed E-state index contributed by atoms with van der Waals surface area (Å²) >= 11 is 4.84. The van der Waals surface area contributed by atoms with Crippen LogP contribution in [0.1, 0.15) is 39.0 Å². The zero-order valence-corrected chi connectivity index (χ0v) is 8.49. The van der Waals surface area contributed by atoms with Crippen LogP contribution in [0.15, 0.2) is 0 Å². The van der Waals surface area contributed by atoms with Crippen LogP contribution in [0.2, 0.25) is 0 Å². The largest absolute Gasteiger partial charge is 0.376 e. The molecule has 0 bridgehead atoms. The minimum Gasteiger partial charge on any atom is -0.376 e. The van der Waals surface area contributed by atoms with Crippen LogP contribution in [0.25, 0.3) is 0 Å². The highest BCUT2D eigenvalue weighted by Gasteiger charge is 2.19. The van der Waals surface area contributed by atoms with Crippen molar-refractivity contribution in [3.63, 3.8) is 0 Å². The Hall–Kier alpha value is -0.310. The maximum absolute atomic E-state index is 5.46. The van der Waals surface area contributed by atoms with Gasteiger partial charge in [0.1, 0.15) is 0 Å². The second-order valence-corrected chi connectivity index (χ2v) is 4.17. The Morgan fingerprint density at radius 2 is 2.00 bits per heavy atom. The van der Waals surface area contributed by atoms with Gasteiger partial charge in [0.25, 0.3) is 0 Å². The number of hydrogen-bond donors (Lipinski definition) is 2. The predicted octanol–water partition coefficient (Wildman–Crippen LogP) is 1.79. The molecule has 0 aromatic carbocycles. The molecule has 0 amide bonds. The van der Waals surface area contributed by atoms with E-state index in [1.54, 1.807) is 0 Å². The van der Waals surface area contributed by atoms with Crippen molar-refractivity contribution in [3.05, 3.63) is 0 Å². The summed E-state index contributed by atoms with van der Waals surface area (Å²) in [6.45, 7) is 2.28. The quantitative estimate of drug-likeness (QED) is 0.484. The first-order valence-electron chi connectivity index (χ1n) is 4.76. The normalized spacial score (nSPS) is 30.8. The fraction of sp³-hybridized carbons (Fsp3) is 0.889. The number of nitrogens with one attached hydrogen (secondary N) is 1. The van der Waals surface area contributed by atoms with Gasteiger partial charge in [-0.2, -0.15) is 0 Å². The molecule has 1 aliphatic carbocycles. The second kappa shape index (κ2) is 4.65. The lowest BCUT2D eigenvalue weighted by molar-refractivity contribution is 0.401. The van der Waals surface area contributed by atoms with Crippen molar-refractivity contribution in [1.29, 1.82) is 0 Å². The fourth-order valence-electron chi connectivity index (χ4n) is 1.89. The Labute approximate surface area is 79.9 Å². The van der Waals surface area contributed by atoms with Crippen LogP contribution < -0.4 is 11.1 Å². The van der Waals surface area contributed by atoms with Crippen molar-refractivity contribution in [1.82, 2.24) is 5.32 Å². The minimum absolute atomic E-state index is 0.453. The lowest BCUT2D eigenvalue weighted by atomic mass is 9.97. The van der Waals surface area contributed by atoms with E-state index in [9.17, 15) is 0 Å². The minimum atomic E-state index is 0.453. The summed E-state index contributed by atoms with van der Waals surface area (Å²) in [6.07, 6.45) is 6.56. The van der Waals surface area contributed by atoms with E-state index in [0.717, 1.165) is 0 Å². The van der Waals surface area contributed by atoms with Crippen LogP contribution in [0.3, 0.4) is 0 Å². The van der Waals surface area contributed by atoms with Crippen LogP contribution in [-0.2, 0) is 0 Å². The molecule has 1 saturated carbocycles. The van der Waals surface area contributed by atoms with Crippen molar-refractivity contribution >= 4 is 17.3 Å². The molecule has 0 aromatic heterocycles. The Bertz CT molecular complexity index is 159. The SMILES string of the molecule is CC1CCCCCC1NC(N)=S. The van der Waals surface area contributed by atoms with E-state index >= 15 is 0 Å². The number of nitrogens with two attached hydrogens (primary N) is 1. The molecule has 2 atom stereocenters. The highest BCUT2D eigenvalue weighted by molar-refractivity contribution is 7.80. The highest BCUT2D eigenvalue weighted by atomic mass is 32.1. The van der Waals surface area contributed by atoms with Gasteiger partial charge in [0.05, 0.1) is 0 Å². The van der Waals surface area contributed by atoms with Gasteiger partial charge in [-0.25, -0.2) is 0 Å². The van der Waals surface area contributed by atoms with Gasteiger partial charge in [0.15, 0.2) is 5.11 Å². The third-order valence-corrected chi connectivity index (χ3v) is 2.81. The van der Waals surface area contributed by atoms with Crippen molar-refractivity contribution in [2.75, 3.05) is 0 Å². The molecule has 0 saturated heterocycles. The van der Waals surface area contributed by atoms with Crippen LogP contribution >= 0.6 is 12.2 Å². The summed E-state index contributed by atoms with van der Waals surface area (Å²) in [5.74, 6) is 0.717. The van der Waals surface area contributed by atoms with Crippen LogP contribution in [0.4, 0.5) is 0 Å². The topological polar surface area (TPSA) is 38.0 Å². The molecule has 3 N–H and O–H groups in total. The standard InChI is InChI=1S/C9H18N2S/c1-7-5-3-2-4-6-8(7)11-9(10)12/h7-8H,2-6H2,1H3,(H3,10,11,12). The summed E-state index contributed by atoms with van der Waals surface area (Å²) in [5, 5.41) is 3.63.